The van der Waals surface area contributed by atoms with E-state index < -0.39 is 0 Å². The quantitative estimate of drug-likeness (QED) is 0.201. The first-order valence-corrected chi connectivity index (χ1v) is 13.2. The van der Waals surface area contributed by atoms with Gasteiger partial charge in [0, 0.05) is 22.8 Å². The number of hydrogen-bond donors (Lipinski definition) is 1. The van der Waals surface area contributed by atoms with Gasteiger partial charge in [-0.15, -0.1) is 0 Å². The van der Waals surface area contributed by atoms with Crippen LogP contribution in [0.4, 0.5) is 11.4 Å². The molecule has 37 heavy (non-hydrogen) atoms. The minimum atomic E-state index is 0.284. The van der Waals surface area contributed by atoms with E-state index in [0.29, 0.717) is 34.2 Å². The van der Waals surface area contributed by atoms with Gasteiger partial charge in [0.05, 0.1) is 16.8 Å². The lowest BCUT2D eigenvalue weighted by molar-refractivity contribution is 0.306. The Bertz CT molecular complexity index is 1460. The second-order valence-electron chi connectivity index (χ2n) is 9.52. The molecule has 3 atom stereocenters. The largest absolute Gasteiger partial charge is 0.487 e. The Morgan fingerprint density at radius 3 is 2.54 bits per heavy atom. The fourth-order valence-electron chi connectivity index (χ4n) is 5.25. The monoisotopic (exact) mass is 524 g/mol. The summed E-state index contributed by atoms with van der Waals surface area (Å²) in [5, 5.41) is 5.04. The molecule has 4 aromatic carbocycles. The fourth-order valence-corrected chi connectivity index (χ4v) is 5.62. The minimum absolute atomic E-state index is 0.284. The molecule has 184 valence electrons. The molecule has 1 aliphatic carbocycles. The molecule has 0 bridgehead atoms. The van der Waals surface area contributed by atoms with Crippen molar-refractivity contribution in [3.05, 3.63) is 135 Å². The zero-order chi connectivity index (χ0) is 25.2. The van der Waals surface area contributed by atoms with E-state index in [-0.39, 0.29) is 6.04 Å². The molecule has 2 aliphatic rings. The Morgan fingerprint density at radius 1 is 0.919 bits per heavy atom. The lowest BCUT2D eigenvalue weighted by atomic mass is 9.77. The maximum atomic E-state index is 6.47. The summed E-state index contributed by atoms with van der Waals surface area (Å²) < 4.78 is 5.87. The summed E-state index contributed by atoms with van der Waals surface area (Å²) in [7, 11) is 0. The molecule has 4 aromatic rings. The Balaban J connectivity index is 1.12. The highest BCUT2D eigenvalue weighted by molar-refractivity contribution is 6.32. The summed E-state index contributed by atoms with van der Waals surface area (Å²) in [5.41, 5.74) is 6.77. The van der Waals surface area contributed by atoms with Gasteiger partial charge in [-0.1, -0.05) is 77.8 Å². The van der Waals surface area contributed by atoms with Gasteiger partial charge in [0.25, 0.3) is 0 Å². The molecule has 0 aromatic heterocycles. The van der Waals surface area contributed by atoms with Gasteiger partial charge in [-0.05, 0) is 83.1 Å². The predicted octanol–water partition coefficient (Wildman–Crippen LogP) is 9.15. The van der Waals surface area contributed by atoms with Crippen LogP contribution in [0, 0.1) is 5.92 Å². The van der Waals surface area contributed by atoms with Crippen LogP contribution in [0.5, 0.6) is 5.75 Å². The first kappa shape index (κ1) is 23.8. The molecule has 0 radical (unpaired) electrons. The molecule has 1 aliphatic heterocycles. The van der Waals surface area contributed by atoms with E-state index in [4.69, 9.17) is 27.9 Å². The van der Waals surface area contributed by atoms with Crippen molar-refractivity contribution < 1.29 is 4.74 Å². The van der Waals surface area contributed by atoms with E-state index in [2.05, 4.69) is 71.0 Å². The highest BCUT2D eigenvalue weighted by Crippen LogP contribution is 2.49. The Labute approximate surface area is 227 Å². The van der Waals surface area contributed by atoms with Crippen molar-refractivity contribution in [2.24, 2.45) is 10.9 Å². The molecule has 0 amide bonds. The Morgan fingerprint density at radius 2 is 1.73 bits per heavy atom. The average molecular weight is 525 g/mol. The fraction of sp³-hybridized carbons (Fsp3) is 0.156. The molecule has 6 rings (SSSR count). The van der Waals surface area contributed by atoms with Crippen molar-refractivity contribution in [3.8, 4) is 5.75 Å². The van der Waals surface area contributed by atoms with E-state index in [9.17, 15) is 0 Å². The first-order chi connectivity index (χ1) is 18.1. The van der Waals surface area contributed by atoms with Gasteiger partial charge in [0.15, 0.2) is 0 Å². The van der Waals surface area contributed by atoms with Crippen LogP contribution in [0.3, 0.4) is 0 Å². The van der Waals surface area contributed by atoms with Gasteiger partial charge in [-0.25, -0.2) is 0 Å². The second kappa shape index (κ2) is 10.5. The van der Waals surface area contributed by atoms with Crippen molar-refractivity contribution in [2.45, 2.75) is 25.0 Å². The van der Waals surface area contributed by atoms with Gasteiger partial charge in [0.1, 0.15) is 12.4 Å². The van der Waals surface area contributed by atoms with E-state index in [1.807, 2.05) is 48.7 Å². The van der Waals surface area contributed by atoms with Crippen LogP contribution >= 0.6 is 23.2 Å². The van der Waals surface area contributed by atoms with Gasteiger partial charge in [-0.3, -0.25) is 4.99 Å². The minimum Gasteiger partial charge on any atom is -0.487 e. The van der Waals surface area contributed by atoms with Crippen molar-refractivity contribution >= 4 is 40.8 Å². The Hall–Kier alpha value is -3.53. The molecule has 3 nitrogen and oxygen atoms in total. The van der Waals surface area contributed by atoms with Gasteiger partial charge >= 0.3 is 0 Å². The summed E-state index contributed by atoms with van der Waals surface area (Å²) in [6.07, 6.45) is 7.62. The molecule has 0 saturated heterocycles. The number of halogens is 2. The molecule has 5 heteroatoms. The number of benzene rings is 4. The van der Waals surface area contributed by atoms with Crippen molar-refractivity contribution in [1.29, 1.82) is 0 Å². The maximum Gasteiger partial charge on any atom is 0.138 e. The molecular formula is C32H26Cl2N2O. The average Bonchev–Trinajstić information content (AvgIpc) is 3.43. The van der Waals surface area contributed by atoms with Crippen LogP contribution in [-0.2, 0) is 6.61 Å². The van der Waals surface area contributed by atoms with Crippen LogP contribution in [-0.4, -0.2) is 6.21 Å². The first-order valence-electron chi connectivity index (χ1n) is 12.5. The molecular weight excluding hydrogens is 499 g/mol. The number of nitrogens with zero attached hydrogens (tertiary/aromatic N) is 1. The number of rotatable bonds is 6. The summed E-state index contributed by atoms with van der Waals surface area (Å²) in [5.74, 6) is 1.65. The SMILES string of the molecule is Clc1ccc(COc2ccc(C=Nc3ccc([C@@H]4Nc5ccccc5[C@@H]5C=CC[C@@H]54)cc3)cc2Cl)cc1. The predicted molar refractivity (Wildman–Crippen MR) is 154 cm³/mol. The normalized spacial score (nSPS) is 19.9. The molecule has 1 N–H and O–H groups in total. The molecule has 0 saturated carbocycles. The third-order valence-electron chi connectivity index (χ3n) is 7.15. The maximum absolute atomic E-state index is 6.47. The van der Waals surface area contributed by atoms with Crippen LogP contribution in [0.15, 0.2) is 108 Å². The summed E-state index contributed by atoms with van der Waals surface area (Å²) in [6, 6.07) is 30.8. The number of fused-ring (bicyclic) bond motifs is 3. The number of nitrogens with one attached hydrogen (secondary N) is 1. The van der Waals surface area contributed by atoms with Crippen LogP contribution in [0.25, 0.3) is 0 Å². The van der Waals surface area contributed by atoms with E-state index in [0.717, 1.165) is 23.2 Å². The molecule has 1 heterocycles. The summed E-state index contributed by atoms with van der Waals surface area (Å²) in [4.78, 5) is 4.67. The van der Waals surface area contributed by atoms with Gasteiger partial charge in [-0.2, -0.15) is 0 Å². The highest BCUT2D eigenvalue weighted by Gasteiger charge is 2.37. The third-order valence-corrected chi connectivity index (χ3v) is 7.70. The number of aliphatic imine (C=N–C) groups is 1. The zero-order valence-electron chi connectivity index (χ0n) is 20.1. The second-order valence-corrected chi connectivity index (χ2v) is 10.4. The van der Waals surface area contributed by atoms with E-state index in [1.54, 1.807) is 0 Å². The molecule has 0 spiro atoms. The van der Waals surface area contributed by atoms with Crippen LogP contribution < -0.4 is 10.1 Å². The lowest BCUT2D eigenvalue weighted by Gasteiger charge is -2.37. The van der Waals surface area contributed by atoms with Crippen molar-refractivity contribution in [3.63, 3.8) is 0 Å². The van der Waals surface area contributed by atoms with E-state index in [1.165, 1.54) is 16.8 Å². The number of para-hydroxylation sites is 1. The standard InChI is InChI=1S/C32H26Cl2N2O/c33-24-13-8-21(9-14-24)20-37-31-17-10-22(18-29(31)34)19-35-25-15-11-23(12-16-25)32-28-6-3-5-26(28)27-4-1-2-7-30(27)36-32/h1-5,7-19,26,28,32,36H,6,20H2/t26-,28-,32-/m0/s1. The van der Waals surface area contributed by atoms with E-state index >= 15 is 0 Å². The smallest absolute Gasteiger partial charge is 0.138 e. The highest BCUT2D eigenvalue weighted by atomic mass is 35.5. The number of hydrogen-bond acceptors (Lipinski definition) is 3. The van der Waals surface area contributed by atoms with Crippen molar-refractivity contribution in [1.82, 2.24) is 0 Å². The zero-order valence-corrected chi connectivity index (χ0v) is 21.7. The van der Waals surface area contributed by atoms with Crippen molar-refractivity contribution in [2.75, 3.05) is 5.32 Å². The van der Waals surface area contributed by atoms with Gasteiger partial charge in [0.2, 0.25) is 0 Å². The number of ether oxygens (including phenoxy) is 1. The molecule has 0 unspecified atom stereocenters. The topological polar surface area (TPSA) is 33.6 Å². The Kier molecular flexibility index (Phi) is 6.73. The lowest BCUT2D eigenvalue weighted by Crippen LogP contribution is -2.28. The summed E-state index contributed by atoms with van der Waals surface area (Å²) in [6.45, 7) is 0.426. The van der Waals surface area contributed by atoms with Gasteiger partial charge < -0.3 is 10.1 Å². The third kappa shape index (κ3) is 5.16. The number of anilines is 1. The van der Waals surface area contributed by atoms with Crippen LogP contribution in [0.2, 0.25) is 10.0 Å². The molecule has 0 fully saturated rings. The summed E-state index contributed by atoms with van der Waals surface area (Å²) >= 11 is 12.4. The number of allylic oxidation sites excluding steroid dienone is 2. The van der Waals surface area contributed by atoms with Crippen LogP contribution in [0.1, 0.15) is 40.6 Å².